The average Bonchev–Trinajstić information content (AvgIpc) is 2.77. The number of amides is 1. The first kappa shape index (κ1) is 11.8. The Hall–Kier alpha value is -2.23. The van der Waals surface area contributed by atoms with Crippen LogP contribution in [0.3, 0.4) is 0 Å². The van der Waals surface area contributed by atoms with Crippen molar-refractivity contribution in [3.05, 3.63) is 59.8 Å². The lowest BCUT2D eigenvalue weighted by Gasteiger charge is -2.01. The van der Waals surface area contributed by atoms with Crippen molar-refractivity contribution in [1.82, 2.24) is 4.57 Å². The van der Waals surface area contributed by atoms with E-state index < -0.39 is 5.91 Å². The predicted octanol–water partition coefficient (Wildman–Crippen LogP) is 3.00. The molecule has 0 saturated carbocycles. The quantitative estimate of drug-likeness (QED) is 0.573. The normalized spacial score (nSPS) is 11.7. The third-order valence-electron chi connectivity index (χ3n) is 1.95. The summed E-state index contributed by atoms with van der Waals surface area (Å²) in [5, 5.41) is 2.36. The Morgan fingerprint density at radius 1 is 1.56 bits per heavy atom. The largest absolute Gasteiger partial charge is 0.323 e. The Morgan fingerprint density at radius 3 is 2.88 bits per heavy atom. The summed E-state index contributed by atoms with van der Waals surface area (Å²) in [5.41, 5.74) is 1.12. The molecule has 0 fully saturated rings. The van der Waals surface area contributed by atoms with Gasteiger partial charge in [-0.3, -0.25) is 4.79 Å². The molecule has 0 unspecified atom stereocenters. The van der Waals surface area contributed by atoms with E-state index in [2.05, 4.69) is 11.8 Å². The van der Waals surface area contributed by atoms with E-state index in [1.165, 1.54) is 0 Å². The summed E-state index contributed by atoms with van der Waals surface area (Å²) in [4.78, 5) is 21.1. The van der Waals surface area contributed by atoms with Crippen molar-refractivity contribution < 1.29 is 4.79 Å². The molecule has 82 valence electrons. The first-order chi connectivity index (χ1) is 7.72. The Bertz CT molecular complexity index is 467. The maximum atomic E-state index is 11.0. The molecule has 1 aromatic heterocycles. The standard InChI is InChI=1S/C12H12N2O2/c1-3-5-11(6-4-2)14-8-7-10(9-14)12(15)13-16/h3-9H,1H2,2H3/b6-4-,11-5+. The fraction of sp³-hybridized carbons (Fsp3) is 0.0833. The van der Waals surface area contributed by atoms with Crippen LogP contribution in [0, 0.1) is 4.91 Å². The van der Waals surface area contributed by atoms with Crippen LogP contribution in [0.5, 0.6) is 0 Å². The van der Waals surface area contributed by atoms with Gasteiger partial charge in [-0.05, 0) is 25.1 Å². The zero-order chi connectivity index (χ0) is 12.0. The van der Waals surface area contributed by atoms with Gasteiger partial charge in [-0.15, -0.1) is 4.91 Å². The van der Waals surface area contributed by atoms with Crippen molar-refractivity contribution in [3.8, 4) is 0 Å². The average molecular weight is 216 g/mol. The van der Waals surface area contributed by atoms with Gasteiger partial charge in [0.05, 0.1) is 5.56 Å². The van der Waals surface area contributed by atoms with Gasteiger partial charge in [-0.2, -0.15) is 0 Å². The maximum Gasteiger partial charge on any atom is 0.318 e. The highest BCUT2D eigenvalue weighted by molar-refractivity contribution is 5.94. The molecule has 0 saturated heterocycles. The van der Waals surface area contributed by atoms with Crippen LogP contribution in [-0.2, 0) is 0 Å². The molecule has 0 aliphatic heterocycles. The molecule has 0 aliphatic rings. The Morgan fingerprint density at radius 2 is 2.31 bits per heavy atom. The van der Waals surface area contributed by atoms with E-state index in [9.17, 15) is 9.70 Å². The number of hydrogen-bond acceptors (Lipinski definition) is 2. The summed E-state index contributed by atoms with van der Waals surface area (Å²) in [6.45, 7) is 5.50. The summed E-state index contributed by atoms with van der Waals surface area (Å²) in [6, 6.07) is 1.55. The van der Waals surface area contributed by atoms with Crippen molar-refractivity contribution in [2.75, 3.05) is 0 Å². The molecule has 0 spiro atoms. The van der Waals surface area contributed by atoms with Crippen LogP contribution in [-0.4, -0.2) is 10.5 Å². The second kappa shape index (κ2) is 5.60. The van der Waals surface area contributed by atoms with Gasteiger partial charge < -0.3 is 4.57 Å². The molecule has 0 aliphatic carbocycles. The van der Waals surface area contributed by atoms with Crippen LogP contribution < -0.4 is 0 Å². The fourth-order valence-electron chi connectivity index (χ4n) is 1.26. The Kier molecular flexibility index (Phi) is 4.15. The van der Waals surface area contributed by atoms with Crippen LogP contribution in [0.1, 0.15) is 17.3 Å². The van der Waals surface area contributed by atoms with Crippen LogP contribution in [0.4, 0.5) is 0 Å². The van der Waals surface area contributed by atoms with E-state index in [-0.39, 0.29) is 5.56 Å². The van der Waals surface area contributed by atoms with Crippen molar-refractivity contribution in [3.63, 3.8) is 0 Å². The smallest absolute Gasteiger partial charge is 0.318 e. The van der Waals surface area contributed by atoms with E-state index in [1.807, 2.05) is 19.1 Å². The Labute approximate surface area is 93.6 Å². The van der Waals surface area contributed by atoms with Crippen molar-refractivity contribution in [2.24, 2.45) is 5.18 Å². The summed E-state index contributed by atoms with van der Waals surface area (Å²) in [6.07, 6.45) is 10.4. The number of allylic oxidation sites excluding steroid dienone is 5. The third kappa shape index (κ3) is 2.63. The predicted molar refractivity (Wildman–Crippen MR) is 63.8 cm³/mol. The van der Waals surface area contributed by atoms with Crippen molar-refractivity contribution >= 4 is 11.6 Å². The first-order valence-electron chi connectivity index (χ1n) is 4.74. The van der Waals surface area contributed by atoms with Gasteiger partial charge in [-0.1, -0.05) is 18.7 Å². The number of hydrogen-bond donors (Lipinski definition) is 0. The van der Waals surface area contributed by atoms with Gasteiger partial charge >= 0.3 is 5.91 Å². The molecule has 0 radical (unpaired) electrons. The third-order valence-corrected chi connectivity index (χ3v) is 1.95. The zero-order valence-corrected chi connectivity index (χ0v) is 8.96. The number of aromatic nitrogens is 1. The highest BCUT2D eigenvalue weighted by Gasteiger charge is 2.07. The lowest BCUT2D eigenvalue weighted by molar-refractivity contribution is 0.100. The minimum absolute atomic E-state index is 0.273. The summed E-state index contributed by atoms with van der Waals surface area (Å²) in [7, 11) is 0. The number of carbonyl (C=O) groups is 1. The number of nitrogens with zero attached hydrogens (tertiary/aromatic N) is 2. The molecule has 4 nitrogen and oxygen atoms in total. The molecule has 1 heterocycles. The second-order valence-corrected chi connectivity index (χ2v) is 3.03. The number of nitroso groups, excluding NO2 is 1. The highest BCUT2D eigenvalue weighted by Crippen LogP contribution is 2.11. The molecule has 1 aromatic rings. The molecule has 0 N–H and O–H groups in total. The van der Waals surface area contributed by atoms with Crippen LogP contribution in [0.15, 0.2) is 54.5 Å². The lowest BCUT2D eigenvalue weighted by atomic mass is 10.3. The van der Waals surface area contributed by atoms with Gasteiger partial charge in [0.1, 0.15) is 0 Å². The fourth-order valence-corrected chi connectivity index (χ4v) is 1.26. The molecule has 1 amide bonds. The lowest BCUT2D eigenvalue weighted by Crippen LogP contribution is -1.93. The van der Waals surface area contributed by atoms with Crippen molar-refractivity contribution in [1.29, 1.82) is 0 Å². The summed E-state index contributed by atoms with van der Waals surface area (Å²) in [5.74, 6) is -0.766. The summed E-state index contributed by atoms with van der Waals surface area (Å²) < 4.78 is 1.72. The van der Waals surface area contributed by atoms with Crippen LogP contribution >= 0.6 is 0 Å². The van der Waals surface area contributed by atoms with Gasteiger partial charge in [0.25, 0.3) is 0 Å². The molecular formula is C12H12N2O2. The topological polar surface area (TPSA) is 51.4 Å². The second-order valence-electron chi connectivity index (χ2n) is 3.03. The van der Waals surface area contributed by atoms with Gasteiger partial charge in [0.2, 0.25) is 0 Å². The van der Waals surface area contributed by atoms with E-state index in [0.717, 1.165) is 5.70 Å². The molecular weight excluding hydrogens is 204 g/mol. The Balaban J connectivity index is 3.08. The van der Waals surface area contributed by atoms with Crippen LogP contribution in [0.2, 0.25) is 0 Å². The maximum absolute atomic E-state index is 11.0. The van der Waals surface area contributed by atoms with Gasteiger partial charge in [0, 0.05) is 23.3 Å². The first-order valence-corrected chi connectivity index (χ1v) is 4.74. The zero-order valence-electron chi connectivity index (χ0n) is 8.96. The van der Waals surface area contributed by atoms with E-state index in [1.54, 1.807) is 35.2 Å². The van der Waals surface area contributed by atoms with E-state index >= 15 is 0 Å². The van der Waals surface area contributed by atoms with Gasteiger partial charge in [-0.25, -0.2) is 0 Å². The highest BCUT2D eigenvalue weighted by atomic mass is 16.3. The van der Waals surface area contributed by atoms with Crippen molar-refractivity contribution in [2.45, 2.75) is 6.92 Å². The molecule has 16 heavy (non-hydrogen) atoms. The molecule has 0 aromatic carbocycles. The summed E-state index contributed by atoms with van der Waals surface area (Å²) >= 11 is 0. The molecule has 1 rings (SSSR count). The molecule has 0 atom stereocenters. The minimum Gasteiger partial charge on any atom is -0.323 e. The minimum atomic E-state index is -0.766. The van der Waals surface area contributed by atoms with Crippen LogP contribution in [0.25, 0.3) is 5.70 Å². The number of rotatable bonds is 4. The van der Waals surface area contributed by atoms with Gasteiger partial charge in [0.15, 0.2) is 0 Å². The molecule has 4 heteroatoms. The van der Waals surface area contributed by atoms with E-state index in [0.29, 0.717) is 0 Å². The van der Waals surface area contributed by atoms with E-state index in [4.69, 9.17) is 0 Å². The number of carbonyl (C=O) groups excluding carboxylic acids is 1. The monoisotopic (exact) mass is 216 g/mol. The molecule has 0 bridgehead atoms. The SMILES string of the molecule is C=C/C=C(\C=C/C)n1ccc(C(=O)N=O)c1.